The van der Waals surface area contributed by atoms with E-state index in [1.54, 1.807) is 0 Å². The molecule has 0 saturated heterocycles. The maximum atomic E-state index is 13.6. The van der Waals surface area contributed by atoms with Gasteiger partial charge in [-0.2, -0.15) is 18.3 Å². The molecule has 4 rings (SSSR count). The molecule has 2 N–H and O–H groups in total. The Morgan fingerprint density at radius 3 is 2.68 bits per heavy atom. The molecule has 0 radical (unpaired) electrons. The van der Waals surface area contributed by atoms with E-state index in [2.05, 4.69) is 15.5 Å². The number of hydrogen-bond donors (Lipinski definition) is 2. The minimum Gasteiger partial charge on any atom is -0.493 e. The Labute approximate surface area is 172 Å². The summed E-state index contributed by atoms with van der Waals surface area (Å²) in [5.74, 6) is -1.64. The zero-order valence-corrected chi connectivity index (χ0v) is 15.8. The van der Waals surface area contributed by atoms with Crippen LogP contribution < -0.4 is 15.6 Å². The van der Waals surface area contributed by atoms with Crippen LogP contribution >= 0.6 is 0 Å². The number of anilines is 1. The number of carbonyl (C=O) groups is 1. The molecule has 0 bridgehead atoms. The molecule has 1 amide bonds. The Balaban J connectivity index is 1.80. The quantitative estimate of drug-likeness (QED) is 0.610. The van der Waals surface area contributed by atoms with E-state index >= 15 is 0 Å². The van der Waals surface area contributed by atoms with Gasteiger partial charge in [-0.05, 0) is 36.2 Å². The first-order valence-electron chi connectivity index (χ1n) is 9.22. The van der Waals surface area contributed by atoms with Crippen molar-refractivity contribution in [2.45, 2.75) is 18.5 Å². The molecule has 1 aliphatic heterocycles. The lowest BCUT2D eigenvalue weighted by molar-refractivity contribution is -0.137. The average Bonchev–Trinajstić information content (AvgIpc) is 2.72. The Morgan fingerprint density at radius 1 is 1.13 bits per heavy atom. The molecule has 1 aliphatic rings. The van der Waals surface area contributed by atoms with E-state index in [0.29, 0.717) is 12.0 Å². The van der Waals surface area contributed by atoms with Crippen LogP contribution in [0.3, 0.4) is 0 Å². The van der Waals surface area contributed by atoms with Crippen molar-refractivity contribution in [3.63, 3.8) is 0 Å². The lowest BCUT2D eigenvalue weighted by Crippen LogP contribution is -2.22. The Morgan fingerprint density at radius 2 is 1.94 bits per heavy atom. The molecule has 0 aliphatic carbocycles. The van der Waals surface area contributed by atoms with E-state index in [-0.39, 0.29) is 29.2 Å². The van der Waals surface area contributed by atoms with Gasteiger partial charge in [0.05, 0.1) is 24.1 Å². The Hall–Kier alpha value is -3.69. The first kappa shape index (κ1) is 20.6. The van der Waals surface area contributed by atoms with Gasteiger partial charge in [-0.15, -0.1) is 0 Å². The number of nitrogens with zero attached hydrogens (tertiary/aromatic N) is 1. The highest BCUT2D eigenvalue weighted by atomic mass is 19.4. The normalized spacial score (nSPS) is 15.7. The van der Waals surface area contributed by atoms with Gasteiger partial charge in [0.25, 0.3) is 11.5 Å². The molecule has 1 atom stereocenters. The van der Waals surface area contributed by atoms with E-state index in [0.717, 1.165) is 30.3 Å². The molecule has 0 fully saturated rings. The number of aromatic nitrogens is 2. The predicted octanol–water partition coefficient (Wildman–Crippen LogP) is 4.09. The van der Waals surface area contributed by atoms with Gasteiger partial charge in [-0.3, -0.25) is 9.59 Å². The lowest BCUT2D eigenvalue weighted by Gasteiger charge is -2.28. The Bertz CT molecular complexity index is 1210. The number of nitrogens with one attached hydrogen (secondary N) is 2. The van der Waals surface area contributed by atoms with Gasteiger partial charge >= 0.3 is 6.18 Å². The van der Waals surface area contributed by atoms with Gasteiger partial charge in [-0.25, -0.2) is 9.49 Å². The van der Waals surface area contributed by atoms with Gasteiger partial charge in [0.15, 0.2) is 0 Å². The standard InChI is InChI=1S/C21H15F4N3O3/c22-12-2-4-15-14(5-6-31-18(15)8-12)17-7-11(21(23,24)25)1-3-16(17)20(30)27-13-9-19(29)28-26-10-13/h1-4,7-10,14H,5-6H2,(H2,27,28,29,30). The summed E-state index contributed by atoms with van der Waals surface area (Å²) in [6.07, 6.45) is -3.11. The fraction of sp³-hybridized carbons (Fsp3) is 0.190. The zero-order valence-electron chi connectivity index (χ0n) is 15.8. The number of amides is 1. The number of carbonyl (C=O) groups excluding carboxylic acids is 1. The van der Waals surface area contributed by atoms with E-state index in [1.807, 2.05) is 0 Å². The topological polar surface area (TPSA) is 84.1 Å². The van der Waals surface area contributed by atoms with Crippen LogP contribution in [0.5, 0.6) is 5.75 Å². The smallest absolute Gasteiger partial charge is 0.416 e. The molecule has 2 aromatic carbocycles. The summed E-state index contributed by atoms with van der Waals surface area (Å²) in [5, 5.41) is 8.21. The number of fused-ring (bicyclic) bond motifs is 1. The number of hydrogen-bond acceptors (Lipinski definition) is 4. The molecular weight excluding hydrogens is 418 g/mol. The number of halogens is 4. The number of ether oxygens (including phenoxy) is 1. The molecule has 3 aromatic rings. The second-order valence-electron chi connectivity index (χ2n) is 6.96. The van der Waals surface area contributed by atoms with Gasteiger partial charge in [0, 0.05) is 29.2 Å². The van der Waals surface area contributed by atoms with E-state index in [1.165, 1.54) is 18.3 Å². The second-order valence-corrected chi connectivity index (χ2v) is 6.96. The lowest BCUT2D eigenvalue weighted by atomic mass is 9.83. The molecule has 6 nitrogen and oxygen atoms in total. The highest BCUT2D eigenvalue weighted by molar-refractivity contribution is 6.05. The van der Waals surface area contributed by atoms with E-state index in [9.17, 15) is 27.2 Å². The molecule has 0 spiro atoms. The van der Waals surface area contributed by atoms with Gasteiger partial charge < -0.3 is 10.1 Å². The third-order valence-corrected chi connectivity index (χ3v) is 4.94. The fourth-order valence-corrected chi connectivity index (χ4v) is 3.56. The minimum atomic E-state index is -4.61. The predicted molar refractivity (Wildman–Crippen MR) is 103 cm³/mol. The summed E-state index contributed by atoms with van der Waals surface area (Å²) in [5.41, 5.74) is -0.762. The van der Waals surface area contributed by atoms with Crippen molar-refractivity contribution in [1.29, 1.82) is 0 Å². The van der Waals surface area contributed by atoms with Crippen LogP contribution in [0.1, 0.15) is 39.4 Å². The fourth-order valence-electron chi connectivity index (χ4n) is 3.56. The zero-order chi connectivity index (χ0) is 22.2. The molecule has 10 heteroatoms. The number of rotatable bonds is 3. The van der Waals surface area contributed by atoms with Crippen LogP contribution in [0.2, 0.25) is 0 Å². The molecule has 1 unspecified atom stereocenters. The summed E-state index contributed by atoms with van der Waals surface area (Å²) in [4.78, 5) is 24.3. The van der Waals surface area contributed by atoms with E-state index in [4.69, 9.17) is 4.74 Å². The third-order valence-electron chi connectivity index (χ3n) is 4.94. The summed E-state index contributed by atoms with van der Waals surface area (Å²) >= 11 is 0. The van der Waals surface area contributed by atoms with Crippen molar-refractivity contribution in [3.8, 4) is 5.75 Å². The van der Waals surface area contributed by atoms with E-state index < -0.39 is 34.9 Å². The molecular formula is C21H15F4N3O3. The van der Waals surface area contributed by atoms with Crippen LogP contribution in [0.25, 0.3) is 0 Å². The largest absolute Gasteiger partial charge is 0.493 e. The highest BCUT2D eigenvalue weighted by Crippen LogP contribution is 2.41. The number of aromatic amines is 1. The summed E-state index contributed by atoms with van der Waals surface area (Å²) in [6, 6.07) is 7.73. The van der Waals surface area contributed by atoms with Crippen molar-refractivity contribution in [1.82, 2.24) is 10.2 Å². The van der Waals surface area contributed by atoms with Crippen molar-refractivity contribution < 1.29 is 27.1 Å². The second kappa shape index (κ2) is 7.86. The van der Waals surface area contributed by atoms with Crippen molar-refractivity contribution >= 4 is 11.6 Å². The van der Waals surface area contributed by atoms with Crippen LogP contribution in [0, 0.1) is 5.82 Å². The first-order chi connectivity index (χ1) is 14.7. The van der Waals surface area contributed by atoms with Crippen LogP contribution in [0.4, 0.5) is 23.2 Å². The monoisotopic (exact) mass is 433 g/mol. The number of alkyl halides is 3. The summed E-state index contributed by atoms with van der Waals surface area (Å²) in [7, 11) is 0. The Kier molecular flexibility index (Phi) is 5.22. The van der Waals surface area contributed by atoms with Crippen LogP contribution in [0.15, 0.2) is 53.5 Å². The molecule has 2 heterocycles. The molecule has 0 saturated carbocycles. The van der Waals surface area contributed by atoms with Crippen LogP contribution in [-0.4, -0.2) is 22.7 Å². The minimum absolute atomic E-state index is 0.00421. The van der Waals surface area contributed by atoms with Gasteiger partial charge in [-0.1, -0.05) is 6.07 Å². The molecule has 31 heavy (non-hydrogen) atoms. The summed E-state index contributed by atoms with van der Waals surface area (Å²) in [6.45, 7) is 0.149. The molecule has 160 valence electrons. The SMILES string of the molecule is O=C(Nc1cn[nH]c(=O)c1)c1ccc(C(F)(F)F)cc1C1CCOc2cc(F)ccc21. The van der Waals surface area contributed by atoms with Crippen molar-refractivity contribution in [2.24, 2.45) is 0 Å². The first-order valence-corrected chi connectivity index (χ1v) is 9.22. The van der Waals surface area contributed by atoms with Crippen LogP contribution in [-0.2, 0) is 6.18 Å². The maximum absolute atomic E-state index is 13.6. The maximum Gasteiger partial charge on any atom is 0.416 e. The average molecular weight is 433 g/mol. The molecule has 1 aromatic heterocycles. The number of benzene rings is 2. The van der Waals surface area contributed by atoms with Crippen molar-refractivity contribution in [2.75, 3.05) is 11.9 Å². The van der Waals surface area contributed by atoms with Gasteiger partial charge in [0.1, 0.15) is 11.6 Å². The highest BCUT2D eigenvalue weighted by Gasteiger charge is 2.34. The van der Waals surface area contributed by atoms with Gasteiger partial charge in [0.2, 0.25) is 0 Å². The van der Waals surface area contributed by atoms with Crippen molar-refractivity contribution in [3.05, 3.63) is 87.1 Å². The third kappa shape index (κ3) is 4.27. The number of H-pyrrole nitrogens is 1. The summed E-state index contributed by atoms with van der Waals surface area (Å²) < 4.78 is 59.2.